The van der Waals surface area contributed by atoms with E-state index in [-0.39, 0.29) is 5.92 Å². The standard InChI is InChI=1S/C24H28N2O4/c1-4-5-14-30-21-13-9-8-12-19(21)25-22(27)20(15-16(2)3)26-23(28)17-10-6-7-11-18(17)24(26)29/h6-13,16,20H,4-5,14-15H2,1-3H3,(H,25,27)/t20-/m0/s1. The lowest BCUT2D eigenvalue weighted by Gasteiger charge is -2.27. The van der Waals surface area contributed by atoms with Crippen LogP contribution in [0, 0.1) is 5.92 Å². The monoisotopic (exact) mass is 408 g/mol. The summed E-state index contributed by atoms with van der Waals surface area (Å²) < 4.78 is 5.80. The van der Waals surface area contributed by atoms with Crippen LogP contribution in [0.4, 0.5) is 5.69 Å². The maximum absolute atomic E-state index is 13.2. The van der Waals surface area contributed by atoms with Gasteiger partial charge < -0.3 is 10.1 Å². The molecule has 2 aromatic carbocycles. The highest BCUT2D eigenvalue weighted by Gasteiger charge is 2.42. The van der Waals surface area contributed by atoms with Crippen LogP contribution in [0.15, 0.2) is 48.5 Å². The van der Waals surface area contributed by atoms with Crippen molar-refractivity contribution in [3.63, 3.8) is 0 Å². The van der Waals surface area contributed by atoms with Gasteiger partial charge in [0.05, 0.1) is 23.4 Å². The fraction of sp³-hybridized carbons (Fsp3) is 0.375. The van der Waals surface area contributed by atoms with E-state index in [2.05, 4.69) is 12.2 Å². The van der Waals surface area contributed by atoms with Gasteiger partial charge in [-0.2, -0.15) is 0 Å². The average molecular weight is 408 g/mol. The second-order valence-electron chi connectivity index (χ2n) is 7.86. The number of imide groups is 1. The molecule has 1 aliphatic heterocycles. The van der Waals surface area contributed by atoms with Crippen LogP contribution in [0.2, 0.25) is 0 Å². The summed E-state index contributed by atoms with van der Waals surface area (Å²) >= 11 is 0. The molecule has 0 aromatic heterocycles. The fourth-order valence-corrected chi connectivity index (χ4v) is 3.51. The molecule has 3 rings (SSSR count). The Bertz CT molecular complexity index is 903. The molecule has 0 saturated carbocycles. The van der Waals surface area contributed by atoms with Crippen molar-refractivity contribution in [1.82, 2.24) is 4.90 Å². The van der Waals surface area contributed by atoms with Crippen molar-refractivity contribution >= 4 is 23.4 Å². The summed E-state index contributed by atoms with van der Waals surface area (Å²) in [6.07, 6.45) is 2.29. The molecule has 2 aromatic rings. The minimum atomic E-state index is -0.902. The molecular weight excluding hydrogens is 380 g/mol. The summed E-state index contributed by atoms with van der Waals surface area (Å²) in [5.74, 6) is -0.566. The Morgan fingerprint density at radius 3 is 2.20 bits per heavy atom. The Hall–Kier alpha value is -3.15. The zero-order chi connectivity index (χ0) is 21.7. The summed E-state index contributed by atoms with van der Waals surface area (Å²) in [4.78, 5) is 40.2. The molecule has 1 atom stereocenters. The number of unbranched alkanes of at least 4 members (excludes halogenated alkanes) is 1. The number of anilines is 1. The maximum Gasteiger partial charge on any atom is 0.262 e. The van der Waals surface area contributed by atoms with E-state index >= 15 is 0 Å². The number of nitrogens with one attached hydrogen (secondary N) is 1. The molecule has 0 fully saturated rings. The number of amides is 3. The first-order chi connectivity index (χ1) is 14.4. The quantitative estimate of drug-likeness (QED) is 0.489. The number of nitrogens with zero attached hydrogens (tertiary/aromatic N) is 1. The number of rotatable bonds is 9. The summed E-state index contributed by atoms with van der Waals surface area (Å²) in [7, 11) is 0. The largest absolute Gasteiger partial charge is 0.491 e. The number of para-hydroxylation sites is 2. The maximum atomic E-state index is 13.2. The topological polar surface area (TPSA) is 75.7 Å². The molecule has 0 unspecified atom stereocenters. The third kappa shape index (κ3) is 4.53. The van der Waals surface area contributed by atoms with Crippen LogP contribution in [0.5, 0.6) is 5.75 Å². The van der Waals surface area contributed by atoms with Gasteiger partial charge in [0.2, 0.25) is 5.91 Å². The summed E-state index contributed by atoms with van der Waals surface area (Å²) in [5, 5.41) is 2.88. The van der Waals surface area contributed by atoms with Crippen LogP contribution in [-0.4, -0.2) is 35.3 Å². The summed E-state index contributed by atoms with van der Waals surface area (Å²) in [6.45, 7) is 6.55. The zero-order valence-corrected chi connectivity index (χ0v) is 17.7. The zero-order valence-electron chi connectivity index (χ0n) is 17.7. The molecule has 0 spiro atoms. The Labute approximate surface area is 177 Å². The Morgan fingerprint density at radius 1 is 1.00 bits per heavy atom. The van der Waals surface area contributed by atoms with Gasteiger partial charge in [-0.15, -0.1) is 0 Å². The van der Waals surface area contributed by atoms with Crippen molar-refractivity contribution in [2.45, 2.75) is 46.1 Å². The van der Waals surface area contributed by atoms with Gasteiger partial charge in [-0.3, -0.25) is 19.3 Å². The van der Waals surface area contributed by atoms with Crippen LogP contribution in [-0.2, 0) is 4.79 Å². The van der Waals surface area contributed by atoms with Crippen LogP contribution in [0.3, 0.4) is 0 Å². The average Bonchev–Trinajstić information content (AvgIpc) is 2.98. The molecule has 0 aliphatic carbocycles. The van der Waals surface area contributed by atoms with Crippen molar-refractivity contribution in [2.75, 3.05) is 11.9 Å². The lowest BCUT2D eigenvalue weighted by Crippen LogP contribution is -2.48. The van der Waals surface area contributed by atoms with Gasteiger partial charge >= 0.3 is 0 Å². The number of ether oxygens (including phenoxy) is 1. The molecule has 0 bridgehead atoms. The van der Waals surface area contributed by atoms with Crippen molar-refractivity contribution < 1.29 is 19.1 Å². The Morgan fingerprint density at radius 2 is 1.60 bits per heavy atom. The predicted molar refractivity (Wildman–Crippen MR) is 116 cm³/mol. The second-order valence-corrected chi connectivity index (χ2v) is 7.86. The summed E-state index contributed by atoms with van der Waals surface area (Å²) in [5.41, 5.74) is 1.21. The highest BCUT2D eigenvalue weighted by Crippen LogP contribution is 2.29. The van der Waals surface area contributed by atoms with Crippen molar-refractivity contribution in [3.8, 4) is 5.75 Å². The fourth-order valence-electron chi connectivity index (χ4n) is 3.51. The molecule has 1 N–H and O–H groups in total. The van der Waals surface area contributed by atoms with Crippen LogP contribution < -0.4 is 10.1 Å². The Kier molecular flexibility index (Phi) is 6.87. The van der Waals surface area contributed by atoms with Crippen molar-refractivity contribution in [3.05, 3.63) is 59.7 Å². The summed E-state index contributed by atoms with van der Waals surface area (Å²) in [6, 6.07) is 13.0. The third-order valence-electron chi connectivity index (χ3n) is 5.03. The van der Waals surface area contributed by atoms with Crippen LogP contribution in [0.1, 0.15) is 60.7 Å². The number of carbonyl (C=O) groups excluding carboxylic acids is 3. The van der Waals surface area contributed by atoms with Gasteiger partial charge in [0.15, 0.2) is 0 Å². The minimum Gasteiger partial charge on any atom is -0.491 e. The van der Waals surface area contributed by atoms with Crippen molar-refractivity contribution in [2.24, 2.45) is 5.92 Å². The SMILES string of the molecule is CCCCOc1ccccc1NC(=O)[C@H](CC(C)C)N1C(=O)c2ccccc2C1=O. The van der Waals surface area contributed by atoms with Gasteiger partial charge in [-0.25, -0.2) is 0 Å². The highest BCUT2D eigenvalue weighted by molar-refractivity contribution is 6.23. The first-order valence-electron chi connectivity index (χ1n) is 10.4. The van der Waals surface area contributed by atoms with E-state index in [1.54, 1.807) is 36.4 Å². The van der Waals surface area contributed by atoms with E-state index in [9.17, 15) is 14.4 Å². The number of benzene rings is 2. The number of fused-ring (bicyclic) bond motifs is 1. The molecule has 6 heteroatoms. The highest BCUT2D eigenvalue weighted by atomic mass is 16.5. The molecule has 1 heterocycles. The smallest absolute Gasteiger partial charge is 0.262 e. The van der Waals surface area contributed by atoms with Gasteiger partial charge in [0, 0.05) is 0 Å². The molecule has 1 aliphatic rings. The van der Waals surface area contributed by atoms with E-state index in [4.69, 9.17) is 4.74 Å². The van der Waals surface area contributed by atoms with Crippen LogP contribution >= 0.6 is 0 Å². The Balaban J connectivity index is 1.85. The number of carbonyl (C=O) groups is 3. The van der Waals surface area contributed by atoms with Crippen molar-refractivity contribution in [1.29, 1.82) is 0 Å². The first-order valence-corrected chi connectivity index (χ1v) is 10.4. The van der Waals surface area contributed by atoms with E-state index in [1.165, 1.54) is 0 Å². The van der Waals surface area contributed by atoms with Crippen LogP contribution in [0.25, 0.3) is 0 Å². The third-order valence-corrected chi connectivity index (χ3v) is 5.03. The minimum absolute atomic E-state index is 0.112. The molecule has 3 amide bonds. The normalized spacial score (nSPS) is 14.1. The van der Waals surface area contributed by atoms with Gasteiger partial charge in [-0.05, 0) is 43.0 Å². The molecule has 0 radical (unpaired) electrons. The lowest BCUT2D eigenvalue weighted by atomic mass is 10.0. The van der Waals surface area contributed by atoms with Gasteiger partial charge in [-0.1, -0.05) is 51.5 Å². The molecular formula is C24H28N2O4. The molecule has 158 valence electrons. The van der Waals surface area contributed by atoms with E-state index in [0.717, 1.165) is 17.7 Å². The second kappa shape index (κ2) is 9.57. The predicted octanol–water partition coefficient (Wildman–Crippen LogP) is 4.51. The molecule has 0 saturated heterocycles. The van der Waals surface area contributed by atoms with E-state index < -0.39 is 23.8 Å². The lowest BCUT2D eigenvalue weighted by molar-refractivity contribution is -0.120. The number of hydrogen-bond donors (Lipinski definition) is 1. The number of hydrogen-bond acceptors (Lipinski definition) is 4. The van der Waals surface area contributed by atoms with E-state index in [1.807, 2.05) is 26.0 Å². The van der Waals surface area contributed by atoms with Gasteiger partial charge in [0.1, 0.15) is 11.8 Å². The van der Waals surface area contributed by atoms with Gasteiger partial charge in [0.25, 0.3) is 11.8 Å². The first kappa shape index (κ1) is 21.6. The van der Waals surface area contributed by atoms with E-state index in [0.29, 0.717) is 35.6 Å². The molecule has 30 heavy (non-hydrogen) atoms. The molecule has 6 nitrogen and oxygen atoms in total.